The van der Waals surface area contributed by atoms with Gasteiger partial charge in [-0.3, -0.25) is 9.97 Å². The Morgan fingerprint density at radius 2 is 1.76 bits per heavy atom. The molecule has 2 aromatic heterocycles. The van der Waals surface area contributed by atoms with Crippen molar-refractivity contribution in [1.29, 1.82) is 0 Å². The fourth-order valence-electron chi connectivity index (χ4n) is 2.43. The van der Waals surface area contributed by atoms with Crippen LogP contribution < -0.4 is 0 Å². The molecular formula is C17H11N3O. The Kier molecular flexibility index (Phi) is 2.54. The lowest BCUT2D eigenvalue weighted by molar-refractivity contribution is 0.475. The third-order valence-electron chi connectivity index (χ3n) is 3.44. The van der Waals surface area contributed by atoms with Crippen LogP contribution in [0.4, 0.5) is 0 Å². The molecule has 0 saturated carbocycles. The molecule has 2 heterocycles. The second kappa shape index (κ2) is 4.52. The lowest BCUT2D eigenvalue weighted by atomic mass is 10.1. The lowest BCUT2D eigenvalue weighted by Gasteiger charge is -2.05. The highest BCUT2D eigenvalue weighted by Crippen LogP contribution is 2.25. The number of aromatic hydroxyl groups is 1. The first-order valence-electron chi connectivity index (χ1n) is 6.61. The summed E-state index contributed by atoms with van der Waals surface area (Å²) in [7, 11) is 0. The van der Waals surface area contributed by atoms with Gasteiger partial charge in [0.05, 0.1) is 28.4 Å². The Bertz CT molecular complexity index is 966. The topological polar surface area (TPSA) is 58.9 Å². The van der Waals surface area contributed by atoms with Crippen LogP contribution in [-0.4, -0.2) is 20.1 Å². The summed E-state index contributed by atoms with van der Waals surface area (Å²) in [5.74, 6) is 0.217. The van der Waals surface area contributed by atoms with Crippen LogP contribution in [0, 0.1) is 0 Å². The largest absolute Gasteiger partial charge is 0.508 e. The smallest absolute Gasteiger partial charge is 0.116 e. The van der Waals surface area contributed by atoms with E-state index in [9.17, 15) is 5.11 Å². The monoisotopic (exact) mass is 273 g/mol. The van der Waals surface area contributed by atoms with Gasteiger partial charge in [-0.05, 0) is 36.4 Å². The van der Waals surface area contributed by atoms with Crippen LogP contribution in [0.15, 0.2) is 60.9 Å². The molecule has 0 atom stereocenters. The molecule has 0 unspecified atom stereocenters. The van der Waals surface area contributed by atoms with Gasteiger partial charge in [0.2, 0.25) is 0 Å². The average Bonchev–Trinajstić information content (AvgIpc) is 2.54. The number of aromatic nitrogens is 3. The molecule has 4 nitrogen and oxygen atoms in total. The van der Waals surface area contributed by atoms with Crippen molar-refractivity contribution >= 4 is 21.9 Å². The molecule has 21 heavy (non-hydrogen) atoms. The minimum Gasteiger partial charge on any atom is -0.508 e. The van der Waals surface area contributed by atoms with Gasteiger partial charge in [-0.15, -0.1) is 0 Å². The average molecular weight is 273 g/mol. The summed E-state index contributed by atoms with van der Waals surface area (Å²) < 4.78 is 0. The molecule has 4 rings (SSSR count). The summed E-state index contributed by atoms with van der Waals surface area (Å²) >= 11 is 0. The van der Waals surface area contributed by atoms with E-state index in [1.54, 1.807) is 30.6 Å². The number of benzene rings is 2. The molecule has 0 aliphatic carbocycles. The van der Waals surface area contributed by atoms with E-state index in [1.165, 1.54) is 0 Å². The van der Waals surface area contributed by atoms with Crippen molar-refractivity contribution in [3.8, 4) is 17.0 Å². The van der Waals surface area contributed by atoms with Gasteiger partial charge in [0, 0.05) is 17.1 Å². The maximum Gasteiger partial charge on any atom is 0.116 e. The van der Waals surface area contributed by atoms with Gasteiger partial charge >= 0.3 is 0 Å². The zero-order valence-electron chi connectivity index (χ0n) is 11.1. The van der Waals surface area contributed by atoms with Crippen LogP contribution in [0.3, 0.4) is 0 Å². The van der Waals surface area contributed by atoms with E-state index in [1.807, 2.05) is 30.3 Å². The Balaban J connectivity index is 2.02. The molecule has 100 valence electrons. The van der Waals surface area contributed by atoms with E-state index in [-0.39, 0.29) is 5.75 Å². The van der Waals surface area contributed by atoms with Crippen LogP contribution in [0.5, 0.6) is 5.75 Å². The predicted molar refractivity (Wildman–Crippen MR) is 81.9 cm³/mol. The predicted octanol–water partition coefficient (Wildman–Crippen LogP) is 3.55. The number of rotatable bonds is 1. The number of pyridine rings is 1. The highest BCUT2D eigenvalue weighted by Gasteiger charge is 2.07. The van der Waals surface area contributed by atoms with Gasteiger partial charge in [0.15, 0.2) is 0 Å². The Morgan fingerprint density at radius 3 is 2.67 bits per heavy atom. The maximum atomic E-state index is 9.60. The number of phenols is 1. The lowest BCUT2D eigenvalue weighted by Crippen LogP contribution is -1.90. The number of phenolic OH excluding ortho intramolecular Hbond substituents is 1. The molecule has 2 aromatic carbocycles. The van der Waals surface area contributed by atoms with Gasteiger partial charge < -0.3 is 5.11 Å². The van der Waals surface area contributed by atoms with Crippen molar-refractivity contribution in [2.24, 2.45) is 0 Å². The maximum absolute atomic E-state index is 9.60. The molecule has 1 N–H and O–H groups in total. The number of fused-ring (bicyclic) bond motifs is 3. The fraction of sp³-hybridized carbons (Fsp3) is 0. The first kappa shape index (κ1) is 11.8. The van der Waals surface area contributed by atoms with E-state index in [0.29, 0.717) is 0 Å². The summed E-state index contributed by atoms with van der Waals surface area (Å²) in [6.45, 7) is 0. The van der Waals surface area contributed by atoms with E-state index in [0.717, 1.165) is 33.2 Å². The minimum absolute atomic E-state index is 0.217. The normalized spacial score (nSPS) is 11.0. The SMILES string of the molecule is Oc1cccc(-c2cnc3ccc4ncccc4c3n2)c1. The second-order valence-electron chi connectivity index (χ2n) is 4.81. The summed E-state index contributed by atoms with van der Waals surface area (Å²) in [5, 5.41) is 10.6. The number of hydrogen-bond acceptors (Lipinski definition) is 4. The van der Waals surface area contributed by atoms with Gasteiger partial charge in [-0.25, -0.2) is 4.98 Å². The zero-order valence-corrected chi connectivity index (χ0v) is 11.1. The molecule has 0 spiro atoms. The highest BCUT2D eigenvalue weighted by molar-refractivity contribution is 6.02. The third-order valence-corrected chi connectivity index (χ3v) is 3.44. The fourth-order valence-corrected chi connectivity index (χ4v) is 2.43. The van der Waals surface area contributed by atoms with Gasteiger partial charge in [0.25, 0.3) is 0 Å². The summed E-state index contributed by atoms with van der Waals surface area (Å²) in [5.41, 5.74) is 4.12. The molecule has 0 radical (unpaired) electrons. The Labute approximate surface area is 120 Å². The quantitative estimate of drug-likeness (QED) is 0.539. The Morgan fingerprint density at radius 1 is 0.857 bits per heavy atom. The minimum atomic E-state index is 0.217. The first-order chi connectivity index (χ1) is 10.3. The molecule has 0 bridgehead atoms. The van der Waals surface area contributed by atoms with Crippen LogP contribution >= 0.6 is 0 Å². The molecule has 4 heteroatoms. The molecular weight excluding hydrogens is 262 g/mol. The van der Waals surface area contributed by atoms with Crippen molar-refractivity contribution in [1.82, 2.24) is 15.0 Å². The molecule has 4 aromatic rings. The number of hydrogen-bond donors (Lipinski definition) is 1. The van der Waals surface area contributed by atoms with E-state index in [4.69, 9.17) is 4.98 Å². The second-order valence-corrected chi connectivity index (χ2v) is 4.81. The van der Waals surface area contributed by atoms with Crippen LogP contribution in [0.1, 0.15) is 0 Å². The van der Waals surface area contributed by atoms with Crippen LogP contribution in [0.25, 0.3) is 33.2 Å². The van der Waals surface area contributed by atoms with E-state index < -0.39 is 0 Å². The van der Waals surface area contributed by atoms with Crippen molar-refractivity contribution in [2.75, 3.05) is 0 Å². The highest BCUT2D eigenvalue weighted by atomic mass is 16.3. The number of nitrogens with zero attached hydrogens (tertiary/aromatic N) is 3. The van der Waals surface area contributed by atoms with Crippen LogP contribution in [-0.2, 0) is 0 Å². The van der Waals surface area contributed by atoms with E-state index in [2.05, 4.69) is 9.97 Å². The standard InChI is InChI=1S/C17H11N3O/c21-12-4-1-3-11(9-12)16-10-19-15-7-6-14-13(17(15)20-16)5-2-8-18-14/h1-10,21H. The van der Waals surface area contributed by atoms with Gasteiger partial charge in [0.1, 0.15) is 5.75 Å². The van der Waals surface area contributed by atoms with Crippen molar-refractivity contribution in [2.45, 2.75) is 0 Å². The summed E-state index contributed by atoms with van der Waals surface area (Å²) in [6.07, 6.45) is 3.49. The van der Waals surface area contributed by atoms with Crippen molar-refractivity contribution < 1.29 is 5.11 Å². The zero-order chi connectivity index (χ0) is 14.2. The van der Waals surface area contributed by atoms with E-state index >= 15 is 0 Å². The first-order valence-corrected chi connectivity index (χ1v) is 6.61. The summed E-state index contributed by atoms with van der Waals surface area (Å²) in [6, 6.07) is 14.8. The molecule has 0 saturated heterocycles. The molecule has 0 fully saturated rings. The van der Waals surface area contributed by atoms with Crippen molar-refractivity contribution in [3.63, 3.8) is 0 Å². The molecule has 0 aliphatic heterocycles. The van der Waals surface area contributed by atoms with Crippen LogP contribution in [0.2, 0.25) is 0 Å². The van der Waals surface area contributed by atoms with Gasteiger partial charge in [-0.2, -0.15) is 0 Å². The third kappa shape index (κ3) is 1.97. The Hall–Kier alpha value is -3.01. The molecule has 0 aliphatic rings. The van der Waals surface area contributed by atoms with Gasteiger partial charge in [-0.1, -0.05) is 12.1 Å². The van der Waals surface area contributed by atoms with Crippen molar-refractivity contribution in [3.05, 3.63) is 60.9 Å². The summed E-state index contributed by atoms with van der Waals surface area (Å²) in [4.78, 5) is 13.5. The molecule has 0 amide bonds.